The molecular weight excluding hydrogens is 438 g/mol. The van der Waals surface area contributed by atoms with Crippen LogP contribution in [0.2, 0.25) is 0 Å². The van der Waals surface area contributed by atoms with Crippen molar-refractivity contribution in [3.05, 3.63) is 53.5 Å². The maximum Gasteiger partial charge on any atom is 0.175 e. The first-order chi connectivity index (χ1) is 16.3. The zero-order valence-corrected chi connectivity index (χ0v) is 18.8. The van der Waals surface area contributed by atoms with Crippen LogP contribution in [0.25, 0.3) is 32.9 Å². The molecule has 1 aliphatic heterocycles. The predicted octanol–water partition coefficient (Wildman–Crippen LogP) is 4.87. The predicted molar refractivity (Wildman–Crippen MR) is 125 cm³/mol. The van der Waals surface area contributed by atoms with E-state index in [4.69, 9.17) is 0 Å². The van der Waals surface area contributed by atoms with Gasteiger partial charge < -0.3 is 10.0 Å². The first-order valence-electron chi connectivity index (χ1n) is 11.3. The fourth-order valence-corrected chi connectivity index (χ4v) is 5.53. The summed E-state index contributed by atoms with van der Waals surface area (Å²) in [5.41, 5.74) is 0.912. The minimum atomic E-state index is -0.642. The van der Waals surface area contributed by atoms with Crippen molar-refractivity contribution < 1.29 is 18.7 Å². The van der Waals surface area contributed by atoms with Gasteiger partial charge >= 0.3 is 0 Å². The van der Waals surface area contributed by atoms with Crippen molar-refractivity contribution in [3.8, 4) is 17.0 Å². The Morgan fingerprint density at radius 1 is 1.15 bits per heavy atom. The molecule has 0 radical (unpaired) electrons. The van der Waals surface area contributed by atoms with Crippen molar-refractivity contribution in [2.75, 3.05) is 18.0 Å². The summed E-state index contributed by atoms with van der Waals surface area (Å²) in [6, 6.07) is 5.87. The van der Waals surface area contributed by atoms with E-state index in [2.05, 4.69) is 15.0 Å². The summed E-state index contributed by atoms with van der Waals surface area (Å²) < 4.78 is 30.6. The van der Waals surface area contributed by atoms with Crippen molar-refractivity contribution in [1.82, 2.24) is 15.0 Å². The Morgan fingerprint density at radius 2 is 1.91 bits per heavy atom. The maximum atomic E-state index is 16.0. The van der Waals surface area contributed by atoms with Gasteiger partial charge in [0.1, 0.15) is 40.2 Å². The van der Waals surface area contributed by atoms with E-state index in [1.807, 2.05) is 11.8 Å². The molecule has 6 rings (SSSR count). The Morgan fingerprint density at radius 3 is 2.62 bits per heavy atom. The Labute approximate surface area is 194 Å². The Kier molecular flexibility index (Phi) is 4.40. The number of halogens is 2. The molecule has 6 nitrogen and oxygen atoms in total. The molecule has 0 bridgehead atoms. The number of benzene rings is 2. The zero-order valence-electron chi connectivity index (χ0n) is 18.8. The molecular formula is C26H22F2N4O2. The third kappa shape index (κ3) is 2.97. The minimum absolute atomic E-state index is 0.00224. The van der Waals surface area contributed by atoms with E-state index in [1.165, 1.54) is 18.2 Å². The third-order valence-corrected chi connectivity index (χ3v) is 7.03. The number of hydrogen-bond acceptors (Lipinski definition) is 6. The number of nitrogens with zero attached hydrogens (tertiary/aromatic N) is 4. The van der Waals surface area contributed by atoms with Crippen molar-refractivity contribution >= 4 is 33.3 Å². The number of phenolic OH excluding ortho intramolecular Hbond substituents is 1. The molecule has 2 aliphatic rings. The Balaban J connectivity index is 1.53. The molecule has 1 spiro atoms. The standard InChI is InChI=1S/C26H22F2N4O2/c1-3-17-20(27)5-4-14-6-15(33)7-18(21(14)17)23-22(28)24-19(10-29-23)25(31-13(2)30-24)32-11-26(12-32)8-16(34)9-26/h4-7,10,33H,3,8-9,11-12H2,1-2H3. The van der Waals surface area contributed by atoms with Crippen LogP contribution >= 0.6 is 0 Å². The number of Topliss-reactive ketones (excluding diaryl/α,β-unsaturated/α-hetero) is 1. The molecule has 1 saturated carbocycles. The van der Waals surface area contributed by atoms with Crippen molar-refractivity contribution in [2.24, 2.45) is 5.41 Å². The molecule has 2 aromatic carbocycles. The number of aromatic hydroxyl groups is 1. The molecule has 1 N–H and O–H groups in total. The van der Waals surface area contributed by atoms with Gasteiger partial charge in [0.2, 0.25) is 0 Å². The van der Waals surface area contributed by atoms with E-state index < -0.39 is 5.82 Å². The van der Waals surface area contributed by atoms with Gasteiger partial charge in [0.25, 0.3) is 0 Å². The van der Waals surface area contributed by atoms with Crippen molar-refractivity contribution in [3.63, 3.8) is 0 Å². The van der Waals surface area contributed by atoms with Gasteiger partial charge in [-0.1, -0.05) is 13.0 Å². The van der Waals surface area contributed by atoms with Gasteiger partial charge in [-0.15, -0.1) is 0 Å². The van der Waals surface area contributed by atoms with E-state index in [0.717, 1.165) is 0 Å². The van der Waals surface area contributed by atoms with Crippen LogP contribution in [0.5, 0.6) is 5.75 Å². The largest absolute Gasteiger partial charge is 0.508 e. The second kappa shape index (κ2) is 7.16. The average molecular weight is 460 g/mol. The molecule has 1 saturated heterocycles. The molecule has 1 aliphatic carbocycles. The van der Waals surface area contributed by atoms with Crippen LogP contribution < -0.4 is 4.90 Å². The topological polar surface area (TPSA) is 79.2 Å². The monoisotopic (exact) mass is 460 g/mol. The van der Waals surface area contributed by atoms with Gasteiger partial charge in [-0.3, -0.25) is 9.78 Å². The van der Waals surface area contributed by atoms with Crippen LogP contribution in [0.15, 0.2) is 30.5 Å². The van der Waals surface area contributed by atoms with E-state index in [1.54, 1.807) is 19.2 Å². The highest BCUT2D eigenvalue weighted by molar-refractivity contribution is 6.02. The summed E-state index contributed by atoms with van der Waals surface area (Å²) in [5.74, 6) is 0.220. The van der Waals surface area contributed by atoms with Gasteiger partial charge in [-0.05, 0) is 47.9 Å². The summed E-state index contributed by atoms with van der Waals surface area (Å²) in [4.78, 5) is 26.8. The molecule has 4 aromatic rings. The molecule has 3 heterocycles. The number of rotatable bonds is 3. The normalized spacial score (nSPS) is 16.8. The summed E-state index contributed by atoms with van der Waals surface area (Å²) >= 11 is 0. The van der Waals surface area contributed by atoms with Gasteiger partial charge in [0, 0.05) is 43.1 Å². The smallest absolute Gasteiger partial charge is 0.175 e. The van der Waals surface area contributed by atoms with Crippen molar-refractivity contribution in [1.29, 1.82) is 0 Å². The number of hydrogen-bond donors (Lipinski definition) is 1. The van der Waals surface area contributed by atoms with Gasteiger partial charge in [-0.25, -0.2) is 18.7 Å². The minimum Gasteiger partial charge on any atom is -0.508 e. The molecule has 8 heteroatoms. The lowest BCUT2D eigenvalue weighted by Crippen LogP contribution is -2.63. The zero-order chi connectivity index (χ0) is 23.8. The van der Waals surface area contributed by atoms with Crippen LogP contribution in [0.1, 0.15) is 31.2 Å². The number of carbonyl (C=O) groups excluding carboxylic acids is 1. The molecule has 0 atom stereocenters. The van der Waals surface area contributed by atoms with E-state index in [-0.39, 0.29) is 34.0 Å². The number of aryl methyl sites for hydroxylation is 2. The van der Waals surface area contributed by atoms with Crippen LogP contribution in [0.4, 0.5) is 14.6 Å². The highest BCUT2D eigenvalue weighted by Gasteiger charge is 2.52. The molecule has 0 amide bonds. The third-order valence-electron chi connectivity index (χ3n) is 7.03. The molecule has 2 fully saturated rings. The second-order valence-corrected chi connectivity index (χ2v) is 9.50. The molecule has 0 unspecified atom stereocenters. The average Bonchev–Trinajstić information content (AvgIpc) is 2.75. The summed E-state index contributed by atoms with van der Waals surface area (Å²) in [6.45, 7) is 4.93. The van der Waals surface area contributed by atoms with Crippen molar-refractivity contribution in [2.45, 2.75) is 33.1 Å². The summed E-state index contributed by atoms with van der Waals surface area (Å²) in [7, 11) is 0. The van der Waals surface area contributed by atoms with E-state index >= 15 is 4.39 Å². The van der Waals surface area contributed by atoms with Gasteiger partial charge in [0.05, 0.1) is 5.39 Å². The van der Waals surface area contributed by atoms with Gasteiger partial charge in [0.15, 0.2) is 5.82 Å². The fraction of sp³-hybridized carbons (Fsp3) is 0.308. The Hall–Kier alpha value is -3.68. The SMILES string of the molecule is CCc1c(F)ccc2cc(O)cc(-c3ncc4c(N5CC6(CC(=O)C6)C5)nc(C)nc4c3F)c12. The lowest BCUT2D eigenvalue weighted by atomic mass is 9.63. The number of phenols is 1. The molecule has 2 aromatic heterocycles. The first-order valence-corrected chi connectivity index (χ1v) is 11.3. The van der Waals surface area contributed by atoms with Crippen LogP contribution in [-0.2, 0) is 11.2 Å². The van der Waals surface area contributed by atoms with Crippen LogP contribution in [-0.4, -0.2) is 38.9 Å². The molecule has 34 heavy (non-hydrogen) atoms. The number of aromatic nitrogens is 3. The number of carbonyl (C=O) groups is 1. The van der Waals surface area contributed by atoms with Crippen LogP contribution in [0.3, 0.4) is 0 Å². The number of pyridine rings is 1. The van der Waals surface area contributed by atoms with Gasteiger partial charge in [-0.2, -0.15) is 0 Å². The van der Waals surface area contributed by atoms with E-state index in [9.17, 15) is 14.3 Å². The number of anilines is 1. The lowest BCUT2D eigenvalue weighted by Gasteiger charge is -2.55. The quantitative estimate of drug-likeness (QED) is 0.470. The second-order valence-electron chi connectivity index (χ2n) is 9.50. The highest BCUT2D eigenvalue weighted by atomic mass is 19.1. The van der Waals surface area contributed by atoms with E-state index in [0.29, 0.717) is 71.3 Å². The summed E-state index contributed by atoms with van der Waals surface area (Å²) in [5, 5.41) is 11.9. The Bertz CT molecular complexity index is 1520. The first kappa shape index (κ1) is 20.9. The number of fused-ring (bicyclic) bond motifs is 2. The highest BCUT2D eigenvalue weighted by Crippen LogP contribution is 2.48. The fourth-order valence-electron chi connectivity index (χ4n) is 5.53. The number of ketones is 1. The summed E-state index contributed by atoms with van der Waals surface area (Å²) in [6.07, 6.45) is 3.12. The van der Waals surface area contributed by atoms with Crippen LogP contribution in [0, 0.1) is 24.0 Å². The molecule has 172 valence electrons. The lowest BCUT2D eigenvalue weighted by molar-refractivity contribution is -0.134. The maximum absolute atomic E-state index is 16.0.